The Balaban J connectivity index is 2.21. The van der Waals surface area contributed by atoms with Gasteiger partial charge in [-0.25, -0.2) is 0 Å². The van der Waals surface area contributed by atoms with Crippen LogP contribution < -0.4 is 9.99 Å². The molecule has 132 valence electrons. The van der Waals surface area contributed by atoms with E-state index in [1.54, 1.807) is 6.92 Å². The Labute approximate surface area is 155 Å². The Morgan fingerprint density at radius 3 is 2.76 bits per heavy atom. The number of azo groups is 1. The lowest BCUT2D eigenvalue weighted by atomic mass is 10.1. The fourth-order valence-corrected chi connectivity index (χ4v) is 3.25. The number of aromatic nitrogens is 1. The summed E-state index contributed by atoms with van der Waals surface area (Å²) in [5.41, 5.74) is 4.25. The van der Waals surface area contributed by atoms with Crippen molar-refractivity contribution in [2.45, 2.75) is 27.2 Å². The summed E-state index contributed by atoms with van der Waals surface area (Å²) in [6, 6.07) is 8.32. The molecule has 2 rings (SSSR count). The minimum Gasteiger partial charge on any atom is -0.370 e. The molecular weight excluding hydrogens is 351 g/mol. The lowest BCUT2D eigenvalue weighted by molar-refractivity contribution is 0.748. The first kappa shape index (κ1) is 19.5. The topological polar surface area (TPSA) is 76.7 Å². The standard InChI is InChI=1S/C17H23N6PS/c1-4-8-23(9-7-19-24)14-5-6-16(12(2)10-14)20-21-17-15(11-18)13(3)22-25-17/h5-6,10,19H,4,7-9,24H2,1-3H3. The van der Waals surface area contributed by atoms with E-state index in [9.17, 15) is 0 Å². The van der Waals surface area contributed by atoms with Crippen LogP contribution in [-0.2, 0) is 0 Å². The lowest BCUT2D eigenvalue weighted by Crippen LogP contribution is -2.30. The van der Waals surface area contributed by atoms with E-state index in [1.165, 1.54) is 17.2 Å². The Morgan fingerprint density at radius 2 is 2.12 bits per heavy atom. The highest BCUT2D eigenvalue weighted by atomic mass is 32.1. The summed E-state index contributed by atoms with van der Waals surface area (Å²) in [6.07, 6.45) is 1.10. The summed E-state index contributed by atoms with van der Waals surface area (Å²) in [5.74, 6) is 0. The van der Waals surface area contributed by atoms with E-state index in [2.05, 4.69) is 59.1 Å². The van der Waals surface area contributed by atoms with Gasteiger partial charge in [-0.2, -0.15) is 9.64 Å². The molecule has 1 unspecified atom stereocenters. The second-order valence-electron chi connectivity index (χ2n) is 5.67. The van der Waals surface area contributed by atoms with Gasteiger partial charge in [0, 0.05) is 25.3 Å². The van der Waals surface area contributed by atoms with Gasteiger partial charge in [-0.1, -0.05) is 16.3 Å². The number of hydrogen-bond acceptors (Lipinski definition) is 7. The number of aryl methyl sites for hydroxylation is 2. The Bertz CT molecular complexity index is 780. The van der Waals surface area contributed by atoms with Crippen LogP contribution in [-0.4, -0.2) is 24.0 Å². The molecule has 0 aliphatic heterocycles. The molecular formula is C17H23N6PS. The highest BCUT2D eigenvalue weighted by Gasteiger charge is 2.10. The van der Waals surface area contributed by atoms with Gasteiger partial charge in [0.15, 0.2) is 5.00 Å². The van der Waals surface area contributed by atoms with E-state index in [0.29, 0.717) is 16.3 Å². The van der Waals surface area contributed by atoms with Gasteiger partial charge in [-0.05, 0) is 55.6 Å². The summed E-state index contributed by atoms with van der Waals surface area (Å²) in [5, 5.41) is 21.4. The SMILES string of the molecule is CCCN(CCNP)c1ccc(N=Nc2snc(C)c2C#N)c(C)c1. The molecule has 0 fully saturated rings. The van der Waals surface area contributed by atoms with Crippen LogP contribution in [0.5, 0.6) is 0 Å². The fraction of sp³-hybridized carbons (Fsp3) is 0.412. The number of benzene rings is 1. The molecule has 0 amide bonds. The van der Waals surface area contributed by atoms with Crippen LogP contribution in [0.25, 0.3) is 0 Å². The van der Waals surface area contributed by atoms with E-state index in [1.807, 2.05) is 13.0 Å². The van der Waals surface area contributed by atoms with Gasteiger partial charge in [-0.3, -0.25) is 5.09 Å². The first-order chi connectivity index (χ1) is 12.1. The second kappa shape index (κ2) is 9.57. The van der Waals surface area contributed by atoms with Crippen molar-refractivity contribution in [3.63, 3.8) is 0 Å². The van der Waals surface area contributed by atoms with Crippen molar-refractivity contribution in [3.05, 3.63) is 35.0 Å². The van der Waals surface area contributed by atoms with Gasteiger partial charge in [-0.15, -0.1) is 10.2 Å². The van der Waals surface area contributed by atoms with Crippen molar-refractivity contribution < 1.29 is 0 Å². The normalized spacial score (nSPS) is 11.0. The zero-order chi connectivity index (χ0) is 18.2. The van der Waals surface area contributed by atoms with Crippen LogP contribution in [0, 0.1) is 25.2 Å². The number of nitriles is 1. The largest absolute Gasteiger partial charge is 0.370 e. The quantitative estimate of drug-likeness (QED) is 0.539. The molecule has 0 aliphatic carbocycles. The molecule has 25 heavy (non-hydrogen) atoms. The summed E-state index contributed by atoms with van der Waals surface area (Å²) >= 11 is 1.20. The predicted octanol–water partition coefficient (Wildman–Crippen LogP) is 4.64. The molecule has 1 atom stereocenters. The number of nitrogens with zero attached hydrogens (tertiary/aromatic N) is 5. The van der Waals surface area contributed by atoms with Gasteiger partial charge in [0.2, 0.25) is 0 Å². The number of hydrogen-bond donors (Lipinski definition) is 1. The Kier molecular flexibility index (Phi) is 7.45. The number of nitrogens with one attached hydrogen (secondary N) is 1. The van der Waals surface area contributed by atoms with E-state index >= 15 is 0 Å². The lowest BCUT2D eigenvalue weighted by Gasteiger charge is -2.24. The van der Waals surface area contributed by atoms with Crippen molar-refractivity contribution in [2.75, 3.05) is 24.5 Å². The van der Waals surface area contributed by atoms with Crippen LogP contribution in [0.2, 0.25) is 0 Å². The molecule has 0 aliphatic rings. The third kappa shape index (κ3) is 5.05. The minimum atomic E-state index is 0.502. The van der Waals surface area contributed by atoms with Crippen LogP contribution >= 0.6 is 20.9 Å². The molecule has 1 aromatic carbocycles. The highest BCUT2D eigenvalue weighted by molar-refractivity contribution is 7.13. The van der Waals surface area contributed by atoms with E-state index in [4.69, 9.17) is 5.26 Å². The summed E-state index contributed by atoms with van der Waals surface area (Å²) in [7, 11) is 2.54. The predicted molar refractivity (Wildman–Crippen MR) is 107 cm³/mol. The average Bonchev–Trinajstić information content (AvgIpc) is 2.97. The summed E-state index contributed by atoms with van der Waals surface area (Å²) in [6.45, 7) is 8.88. The number of anilines is 1. The molecule has 1 heterocycles. The van der Waals surface area contributed by atoms with Crippen LogP contribution in [0.15, 0.2) is 28.4 Å². The first-order valence-electron chi connectivity index (χ1n) is 8.17. The van der Waals surface area contributed by atoms with Gasteiger partial charge >= 0.3 is 0 Å². The maximum atomic E-state index is 9.16. The second-order valence-corrected chi connectivity index (χ2v) is 6.83. The maximum Gasteiger partial charge on any atom is 0.176 e. The Morgan fingerprint density at radius 1 is 1.32 bits per heavy atom. The third-order valence-electron chi connectivity index (χ3n) is 3.77. The molecule has 0 bridgehead atoms. The van der Waals surface area contributed by atoms with Crippen LogP contribution in [0.3, 0.4) is 0 Å². The number of rotatable bonds is 8. The average molecular weight is 374 g/mol. The van der Waals surface area contributed by atoms with Gasteiger partial charge in [0.1, 0.15) is 11.6 Å². The Hall–Kier alpha value is -1.87. The van der Waals surface area contributed by atoms with Crippen LogP contribution in [0.1, 0.15) is 30.2 Å². The van der Waals surface area contributed by atoms with Gasteiger partial charge in [0.05, 0.1) is 11.4 Å². The molecule has 1 N–H and O–H groups in total. The van der Waals surface area contributed by atoms with Crippen LogP contribution in [0.4, 0.5) is 16.4 Å². The highest BCUT2D eigenvalue weighted by Crippen LogP contribution is 2.30. The van der Waals surface area contributed by atoms with Crippen molar-refractivity contribution in [3.8, 4) is 6.07 Å². The molecule has 0 radical (unpaired) electrons. The van der Waals surface area contributed by atoms with E-state index < -0.39 is 0 Å². The molecule has 0 saturated heterocycles. The first-order valence-corrected chi connectivity index (χ1v) is 9.53. The third-order valence-corrected chi connectivity index (χ3v) is 4.88. The summed E-state index contributed by atoms with van der Waals surface area (Å²) < 4.78 is 4.16. The smallest absolute Gasteiger partial charge is 0.176 e. The minimum absolute atomic E-state index is 0.502. The fourth-order valence-electron chi connectivity index (χ4n) is 2.44. The zero-order valence-electron chi connectivity index (χ0n) is 14.8. The maximum absolute atomic E-state index is 9.16. The van der Waals surface area contributed by atoms with Crippen molar-refractivity contribution in [1.29, 1.82) is 5.26 Å². The van der Waals surface area contributed by atoms with Crippen molar-refractivity contribution >= 4 is 37.3 Å². The molecule has 1 aromatic heterocycles. The molecule has 0 saturated carbocycles. The zero-order valence-corrected chi connectivity index (χ0v) is 16.8. The molecule has 8 heteroatoms. The molecule has 0 spiro atoms. The van der Waals surface area contributed by atoms with Gasteiger partial charge < -0.3 is 4.90 Å². The van der Waals surface area contributed by atoms with Crippen molar-refractivity contribution in [2.24, 2.45) is 10.2 Å². The summed E-state index contributed by atoms with van der Waals surface area (Å²) in [4.78, 5) is 2.35. The van der Waals surface area contributed by atoms with Gasteiger partial charge in [0.25, 0.3) is 0 Å². The van der Waals surface area contributed by atoms with E-state index in [0.717, 1.165) is 37.3 Å². The monoisotopic (exact) mass is 374 g/mol. The van der Waals surface area contributed by atoms with E-state index in [-0.39, 0.29) is 0 Å². The molecule has 6 nitrogen and oxygen atoms in total. The molecule has 2 aromatic rings. The van der Waals surface area contributed by atoms with Crippen molar-refractivity contribution in [1.82, 2.24) is 9.46 Å².